The van der Waals surface area contributed by atoms with E-state index in [0.29, 0.717) is 47.1 Å². The fraction of sp³-hybridized carbons (Fsp3) is 0.278. The minimum Gasteiger partial charge on any atom is -0.490 e. The smallest absolute Gasteiger partial charge is 0.259 e. The van der Waals surface area contributed by atoms with Crippen LogP contribution in [0.3, 0.4) is 0 Å². The molecule has 10 heteroatoms. The normalized spacial score (nSPS) is 15.0. The molecule has 4 aromatic carbocycles. The number of hydrogen-bond donors (Lipinski definition) is 4. The van der Waals surface area contributed by atoms with Crippen LogP contribution < -0.4 is 20.1 Å². The lowest BCUT2D eigenvalue weighted by molar-refractivity contribution is 0.0239. The Hall–Kier alpha value is -4.74. The van der Waals surface area contributed by atoms with E-state index in [1.54, 1.807) is 48.5 Å². The summed E-state index contributed by atoms with van der Waals surface area (Å²) in [5.74, 6) is 0.265. The number of benzene rings is 4. The third-order valence-electron chi connectivity index (χ3n) is 7.59. The highest BCUT2D eigenvalue weighted by Gasteiger charge is 2.23. The van der Waals surface area contributed by atoms with Crippen LogP contribution in [0.25, 0.3) is 0 Å². The third-order valence-corrected chi connectivity index (χ3v) is 7.59. The van der Waals surface area contributed by atoms with Crippen LogP contribution in [0.2, 0.25) is 0 Å². The van der Waals surface area contributed by atoms with Gasteiger partial charge in [-0.25, -0.2) is 0 Å². The van der Waals surface area contributed by atoms with Gasteiger partial charge in [0.25, 0.3) is 11.8 Å². The van der Waals surface area contributed by atoms with Gasteiger partial charge in [-0.3, -0.25) is 19.4 Å². The second-order valence-electron chi connectivity index (χ2n) is 11.2. The molecule has 1 aliphatic heterocycles. The summed E-state index contributed by atoms with van der Waals surface area (Å²) in [6.45, 7) is 3.87. The van der Waals surface area contributed by atoms with Crippen molar-refractivity contribution in [1.29, 1.82) is 0 Å². The van der Waals surface area contributed by atoms with Crippen LogP contribution in [0.1, 0.15) is 20.7 Å². The number of anilines is 2. The van der Waals surface area contributed by atoms with Crippen molar-refractivity contribution in [2.75, 3.05) is 63.1 Å². The molecule has 0 unspecified atom stereocenters. The van der Waals surface area contributed by atoms with Gasteiger partial charge in [0.2, 0.25) is 0 Å². The van der Waals surface area contributed by atoms with E-state index in [4.69, 9.17) is 9.47 Å². The zero-order chi connectivity index (χ0) is 32.1. The largest absolute Gasteiger partial charge is 0.490 e. The van der Waals surface area contributed by atoms with Crippen molar-refractivity contribution in [2.45, 2.75) is 12.2 Å². The molecule has 0 aromatic heterocycles. The number of amides is 2. The van der Waals surface area contributed by atoms with Gasteiger partial charge in [-0.2, -0.15) is 0 Å². The van der Waals surface area contributed by atoms with Crippen LogP contribution in [0.5, 0.6) is 11.5 Å². The van der Waals surface area contributed by atoms with Crippen molar-refractivity contribution in [1.82, 2.24) is 9.80 Å². The average molecular weight is 625 g/mol. The first kappa shape index (κ1) is 32.6. The number of ether oxygens (including phenoxy) is 2. The van der Waals surface area contributed by atoms with E-state index in [1.807, 2.05) is 60.7 Å². The average Bonchev–Trinajstić information content (AvgIpc) is 3.08. The van der Waals surface area contributed by atoms with Crippen LogP contribution in [0.4, 0.5) is 11.4 Å². The number of aliphatic hydroxyl groups excluding tert-OH is 2. The first-order valence-electron chi connectivity index (χ1n) is 15.4. The molecule has 5 rings (SSSR count). The highest BCUT2D eigenvalue weighted by Crippen LogP contribution is 2.22. The maximum absolute atomic E-state index is 12.8. The lowest BCUT2D eigenvalue weighted by atomic mass is 10.1. The van der Waals surface area contributed by atoms with Crippen molar-refractivity contribution in [3.05, 3.63) is 120 Å². The van der Waals surface area contributed by atoms with Gasteiger partial charge in [-0.05, 0) is 48.5 Å². The lowest BCUT2D eigenvalue weighted by Crippen LogP contribution is -2.51. The Bertz CT molecular complexity index is 1430. The molecule has 0 bridgehead atoms. The Morgan fingerprint density at radius 3 is 1.30 bits per heavy atom. The van der Waals surface area contributed by atoms with Crippen LogP contribution >= 0.6 is 0 Å². The molecule has 46 heavy (non-hydrogen) atoms. The van der Waals surface area contributed by atoms with Gasteiger partial charge in [0.1, 0.15) is 36.9 Å². The van der Waals surface area contributed by atoms with Gasteiger partial charge in [0.05, 0.1) is 11.1 Å². The molecule has 1 saturated heterocycles. The van der Waals surface area contributed by atoms with Gasteiger partial charge in [0, 0.05) is 50.6 Å². The summed E-state index contributed by atoms with van der Waals surface area (Å²) in [7, 11) is 0. The van der Waals surface area contributed by atoms with E-state index in [0.717, 1.165) is 26.2 Å². The van der Waals surface area contributed by atoms with Crippen molar-refractivity contribution in [3.8, 4) is 11.5 Å². The topological polar surface area (TPSA) is 124 Å². The third kappa shape index (κ3) is 9.63. The summed E-state index contributed by atoms with van der Waals surface area (Å²) < 4.78 is 11.7. The fourth-order valence-electron chi connectivity index (χ4n) is 5.23. The second kappa shape index (κ2) is 16.5. The van der Waals surface area contributed by atoms with Gasteiger partial charge in [-0.15, -0.1) is 0 Å². The number of carbonyl (C=O) groups excluding carboxylic acids is 2. The molecule has 0 saturated carbocycles. The Labute approximate surface area is 269 Å². The maximum atomic E-state index is 12.8. The molecule has 1 heterocycles. The highest BCUT2D eigenvalue weighted by molar-refractivity contribution is 6.06. The van der Waals surface area contributed by atoms with Crippen molar-refractivity contribution >= 4 is 23.2 Å². The molecule has 4 N–H and O–H groups in total. The first-order chi connectivity index (χ1) is 22.4. The molecule has 0 spiro atoms. The molecule has 0 aliphatic carbocycles. The lowest BCUT2D eigenvalue weighted by Gasteiger charge is -2.36. The van der Waals surface area contributed by atoms with Gasteiger partial charge < -0.3 is 30.3 Å². The number of hydrogen-bond acceptors (Lipinski definition) is 8. The summed E-state index contributed by atoms with van der Waals surface area (Å²) in [5, 5.41) is 27.1. The van der Waals surface area contributed by atoms with Crippen LogP contribution in [0, 0.1) is 0 Å². The van der Waals surface area contributed by atoms with Gasteiger partial charge >= 0.3 is 0 Å². The van der Waals surface area contributed by atoms with Crippen LogP contribution in [-0.2, 0) is 0 Å². The standard InChI is InChI=1S/C36H40N4O6/c41-29(25-45-33-17-9-7-15-31(33)35(43)37-27-11-3-1-4-12-27)23-39-19-21-40(22-20-39)24-30(42)26-46-34-18-10-8-16-32(34)36(44)38-28-13-5-2-6-14-28/h1-18,29-30,41-42H,19-26H2,(H,37,43)(H,38,44)/t29-,30+. The number of para-hydroxylation sites is 4. The summed E-state index contributed by atoms with van der Waals surface area (Å²) >= 11 is 0. The minimum atomic E-state index is -0.741. The second-order valence-corrected chi connectivity index (χ2v) is 11.2. The molecule has 240 valence electrons. The molecule has 0 radical (unpaired) electrons. The predicted molar refractivity (Wildman–Crippen MR) is 178 cm³/mol. The van der Waals surface area contributed by atoms with Crippen molar-refractivity contribution < 1.29 is 29.3 Å². The molecule has 10 nitrogen and oxygen atoms in total. The Kier molecular flexibility index (Phi) is 11.7. The predicted octanol–water partition coefficient (Wildman–Crippen LogP) is 3.99. The molecular weight excluding hydrogens is 584 g/mol. The number of carbonyl (C=O) groups is 2. The highest BCUT2D eigenvalue weighted by atomic mass is 16.5. The molecule has 4 aromatic rings. The first-order valence-corrected chi connectivity index (χ1v) is 15.4. The zero-order valence-corrected chi connectivity index (χ0v) is 25.6. The van der Waals surface area contributed by atoms with Crippen molar-refractivity contribution in [2.24, 2.45) is 0 Å². The van der Waals surface area contributed by atoms with E-state index in [9.17, 15) is 19.8 Å². The number of piperazine rings is 1. The maximum Gasteiger partial charge on any atom is 0.259 e. The van der Waals surface area contributed by atoms with Crippen molar-refractivity contribution in [3.63, 3.8) is 0 Å². The van der Waals surface area contributed by atoms with E-state index in [-0.39, 0.29) is 25.0 Å². The molecule has 2 amide bonds. The monoisotopic (exact) mass is 624 g/mol. The number of aliphatic hydroxyl groups is 2. The SMILES string of the molecule is O=C(Nc1ccccc1)c1ccccc1OC[C@@H](O)CN1CCN(C[C@@H](O)COc2ccccc2C(=O)Nc2ccccc2)CC1. The Morgan fingerprint density at radius 1 is 0.565 bits per heavy atom. The van der Waals surface area contributed by atoms with Crippen LogP contribution in [-0.4, -0.2) is 96.5 Å². The number of nitrogens with zero attached hydrogens (tertiary/aromatic N) is 2. The summed E-state index contributed by atoms with van der Waals surface area (Å²) in [6.07, 6.45) is -1.48. The van der Waals surface area contributed by atoms with Gasteiger partial charge in [0.15, 0.2) is 0 Å². The van der Waals surface area contributed by atoms with Crippen LogP contribution in [0.15, 0.2) is 109 Å². The van der Waals surface area contributed by atoms with Gasteiger partial charge in [-0.1, -0.05) is 60.7 Å². The summed E-state index contributed by atoms with van der Waals surface area (Å²) in [4.78, 5) is 29.9. The number of β-amino-alcohol motifs (C(OH)–C–C–N with tert-alkyl or cyclic N) is 2. The quantitative estimate of drug-likeness (QED) is 0.166. The summed E-state index contributed by atoms with van der Waals surface area (Å²) in [6, 6.07) is 32.4. The van der Waals surface area contributed by atoms with E-state index < -0.39 is 12.2 Å². The molecule has 1 aliphatic rings. The molecule has 1 fully saturated rings. The zero-order valence-electron chi connectivity index (χ0n) is 25.6. The number of nitrogens with one attached hydrogen (secondary N) is 2. The minimum absolute atomic E-state index is 0.0523. The summed E-state index contributed by atoms with van der Waals surface area (Å²) in [5.41, 5.74) is 2.17. The number of rotatable bonds is 14. The van der Waals surface area contributed by atoms with E-state index in [1.165, 1.54) is 0 Å². The molecule has 2 atom stereocenters. The Balaban J connectivity index is 1.02. The Morgan fingerprint density at radius 2 is 0.913 bits per heavy atom. The van der Waals surface area contributed by atoms with E-state index >= 15 is 0 Å². The fourth-order valence-corrected chi connectivity index (χ4v) is 5.23. The molecular formula is C36H40N4O6. The van der Waals surface area contributed by atoms with E-state index in [2.05, 4.69) is 20.4 Å².